The summed E-state index contributed by atoms with van der Waals surface area (Å²) in [7, 11) is 0. The van der Waals surface area contributed by atoms with E-state index in [1.165, 1.54) is 55.0 Å². The van der Waals surface area contributed by atoms with Crippen LogP contribution < -0.4 is 0 Å². The third kappa shape index (κ3) is 5.68. The zero-order valence-corrected chi connectivity index (χ0v) is 19.2. The van der Waals surface area contributed by atoms with E-state index in [0.717, 1.165) is 12.8 Å². The van der Waals surface area contributed by atoms with Crippen LogP contribution in [0.2, 0.25) is 0 Å². The summed E-state index contributed by atoms with van der Waals surface area (Å²) < 4.78 is 1.51. The van der Waals surface area contributed by atoms with Gasteiger partial charge >= 0.3 is 70.0 Å². The Bertz CT molecular complexity index is 895. The van der Waals surface area contributed by atoms with Gasteiger partial charge in [0.2, 0.25) is 0 Å². The van der Waals surface area contributed by atoms with Gasteiger partial charge in [-0.25, -0.2) is 12.2 Å². The predicted octanol–water partition coefficient (Wildman–Crippen LogP) is 6.14. The van der Waals surface area contributed by atoms with Gasteiger partial charge in [0.05, 0.1) is 0 Å². The molecular formula is C26H22Hf. The molecule has 0 saturated carbocycles. The SMILES string of the molecule is C[C](=[Hf+2])c1ccccc1.[C-]1=CC=CC1.[c-]1cccc2c1Cc1ccccc1-2. The van der Waals surface area contributed by atoms with E-state index in [0.29, 0.717) is 0 Å². The fourth-order valence-corrected chi connectivity index (χ4v) is 3.62. The molecule has 2 aliphatic carbocycles. The maximum Gasteiger partial charge on any atom is -0.0253 e. The summed E-state index contributed by atoms with van der Waals surface area (Å²) in [5.41, 5.74) is 6.90. The van der Waals surface area contributed by atoms with Crippen LogP contribution in [0.5, 0.6) is 0 Å². The van der Waals surface area contributed by atoms with Crippen LogP contribution in [0.3, 0.4) is 0 Å². The number of hydrogen-bond donors (Lipinski definition) is 0. The molecule has 27 heavy (non-hydrogen) atoms. The van der Waals surface area contributed by atoms with Crippen LogP contribution in [0.4, 0.5) is 0 Å². The van der Waals surface area contributed by atoms with Crippen LogP contribution in [0.15, 0.2) is 91.0 Å². The second kappa shape index (κ2) is 10.3. The summed E-state index contributed by atoms with van der Waals surface area (Å²) in [5, 5.41) is 0. The minimum atomic E-state index is 1.01. The molecule has 3 aromatic rings. The normalized spacial score (nSPS) is 12.3. The quantitative estimate of drug-likeness (QED) is 0.212. The van der Waals surface area contributed by atoms with Crippen LogP contribution >= 0.6 is 0 Å². The fourth-order valence-electron chi connectivity index (χ4n) is 3.03. The van der Waals surface area contributed by atoms with Gasteiger partial charge in [0.15, 0.2) is 0 Å². The van der Waals surface area contributed by atoms with Crippen molar-refractivity contribution in [3.63, 3.8) is 0 Å². The molecule has 0 bridgehead atoms. The van der Waals surface area contributed by atoms with Crippen molar-refractivity contribution in [2.75, 3.05) is 0 Å². The van der Waals surface area contributed by atoms with Crippen molar-refractivity contribution in [1.29, 1.82) is 0 Å². The molecule has 1 heteroatoms. The summed E-state index contributed by atoms with van der Waals surface area (Å²) >= 11 is 1.17. The first-order valence-corrected chi connectivity index (χ1v) is 11.0. The summed E-state index contributed by atoms with van der Waals surface area (Å²) in [4.78, 5) is 0. The van der Waals surface area contributed by atoms with Crippen molar-refractivity contribution >= 4 is 3.26 Å². The minimum Gasteiger partial charge on any atom is -0.273 e. The third-order valence-electron chi connectivity index (χ3n) is 4.41. The van der Waals surface area contributed by atoms with E-state index < -0.39 is 0 Å². The van der Waals surface area contributed by atoms with E-state index in [4.69, 9.17) is 0 Å². The molecule has 0 spiro atoms. The van der Waals surface area contributed by atoms with Gasteiger partial charge in [-0.1, -0.05) is 35.4 Å². The van der Waals surface area contributed by atoms with Gasteiger partial charge in [-0.05, 0) is 6.42 Å². The molecule has 5 rings (SSSR count). The van der Waals surface area contributed by atoms with Gasteiger partial charge < -0.3 is 0 Å². The maximum absolute atomic E-state index is 3.30. The van der Waals surface area contributed by atoms with Gasteiger partial charge in [0.1, 0.15) is 0 Å². The van der Waals surface area contributed by atoms with E-state index in [1.807, 2.05) is 24.3 Å². The Morgan fingerprint density at radius 1 is 0.889 bits per heavy atom. The predicted molar refractivity (Wildman–Crippen MR) is 111 cm³/mol. The maximum atomic E-state index is 3.30. The smallest absolute Gasteiger partial charge is 0.0253 e. The van der Waals surface area contributed by atoms with E-state index in [-0.39, 0.29) is 0 Å². The Hall–Kier alpha value is -2.12. The van der Waals surface area contributed by atoms with E-state index >= 15 is 0 Å². The molecule has 0 nitrogen and oxygen atoms in total. The topological polar surface area (TPSA) is 0 Å². The van der Waals surface area contributed by atoms with Gasteiger partial charge in [-0.3, -0.25) is 6.08 Å². The van der Waals surface area contributed by atoms with Gasteiger partial charge in [0.25, 0.3) is 0 Å². The molecular weight excluding hydrogens is 491 g/mol. The van der Waals surface area contributed by atoms with E-state index in [1.54, 1.807) is 0 Å². The number of rotatable bonds is 1. The molecule has 0 radical (unpaired) electrons. The minimum absolute atomic E-state index is 1.01. The zero-order chi connectivity index (χ0) is 18.9. The fraction of sp³-hybridized carbons (Fsp3) is 0.115. The molecule has 0 saturated heterocycles. The Labute approximate surface area is 177 Å². The van der Waals surface area contributed by atoms with Crippen LogP contribution in [0.25, 0.3) is 11.1 Å². The van der Waals surface area contributed by atoms with E-state index in [2.05, 4.69) is 85.8 Å². The summed E-state index contributed by atoms with van der Waals surface area (Å²) in [6.45, 7) is 2.18. The van der Waals surface area contributed by atoms with Gasteiger partial charge in [-0.2, -0.15) is 35.9 Å². The van der Waals surface area contributed by atoms with Crippen molar-refractivity contribution in [1.82, 2.24) is 0 Å². The number of hydrogen-bond acceptors (Lipinski definition) is 0. The van der Waals surface area contributed by atoms with Crippen LogP contribution in [0, 0.1) is 12.1 Å². The molecule has 0 heterocycles. The molecule has 2 aliphatic rings. The van der Waals surface area contributed by atoms with Crippen LogP contribution in [-0.4, -0.2) is 3.26 Å². The van der Waals surface area contributed by atoms with Crippen molar-refractivity contribution in [2.24, 2.45) is 0 Å². The standard InChI is InChI=1S/C13H9.C8H8.C5H5.Hf/c1-3-7-12-10(5-1)9-11-6-2-4-8-13(11)12;1-2-8-6-4-3-5-7-8;1-2-4-5-3-1;/h1-5,7-8H,9H2;3-7H,1H3;1-3H,4H2;/q-1;;-1;+2. The summed E-state index contributed by atoms with van der Waals surface area (Å²) in [5.74, 6) is 0. The van der Waals surface area contributed by atoms with E-state index in [9.17, 15) is 0 Å². The molecule has 0 aromatic heterocycles. The molecule has 130 valence electrons. The largest absolute Gasteiger partial charge is 0.273 e. The Morgan fingerprint density at radius 3 is 2.26 bits per heavy atom. The average Bonchev–Trinajstić information content (AvgIpc) is 3.41. The molecule has 0 atom stereocenters. The Kier molecular flexibility index (Phi) is 7.47. The van der Waals surface area contributed by atoms with Crippen molar-refractivity contribution < 1.29 is 23.9 Å². The second-order valence-corrected chi connectivity index (χ2v) is 9.08. The first-order valence-electron chi connectivity index (χ1n) is 9.16. The van der Waals surface area contributed by atoms with Gasteiger partial charge in [0, 0.05) is 0 Å². The summed E-state index contributed by atoms with van der Waals surface area (Å²) in [6, 6.07) is 28.6. The third-order valence-corrected chi connectivity index (χ3v) is 5.45. The van der Waals surface area contributed by atoms with Crippen LogP contribution in [0.1, 0.15) is 30.0 Å². The average molecular weight is 513 g/mol. The molecule has 0 aliphatic heterocycles. The molecule has 3 aromatic carbocycles. The number of benzene rings is 3. The summed E-state index contributed by atoms with van der Waals surface area (Å²) in [6.07, 6.45) is 11.0. The van der Waals surface area contributed by atoms with Crippen molar-refractivity contribution in [3.8, 4) is 11.1 Å². The van der Waals surface area contributed by atoms with Crippen LogP contribution in [-0.2, 0) is 30.3 Å². The first-order chi connectivity index (χ1) is 13.3. The number of allylic oxidation sites excluding steroid dienone is 4. The van der Waals surface area contributed by atoms with Gasteiger partial charge in [-0.15, -0.1) is 12.0 Å². The molecule has 0 amide bonds. The zero-order valence-electron chi connectivity index (χ0n) is 15.6. The molecule has 0 fully saturated rings. The first kappa shape index (κ1) is 19.6. The van der Waals surface area contributed by atoms with Crippen molar-refractivity contribution in [2.45, 2.75) is 19.8 Å². The van der Waals surface area contributed by atoms with Crippen molar-refractivity contribution in [3.05, 3.63) is 120 Å². The molecule has 0 N–H and O–H groups in total. The Morgan fingerprint density at radius 2 is 1.63 bits per heavy atom. The monoisotopic (exact) mass is 514 g/mol. The second-order valence-electron chi connectivity index (χ2n) is 6.39. The molecule has 0 unspecified atom stereocenters. The Balaban J connectivity index is 0.000000130. The number of fused-ring (bicyclic) bond motifs is 3.